The van der Waals surface area contributed by atoms with Crippen LogP contribution in [0.5, 0.6) is 5.75 Å². The summed E-state index contributed by atoms with van der Waals surface area (Å²) in [5.41, 5.74) is 8.27. The van der Waals surface area contributed by atoms with Crippen molar-refractivity contribution in [2.45, 2.75) is 50.1 Å². The van der Waals surface area contributed by atoms with E-state index in [0.717, 1.165) is 24.0 Å². The smallest absolute Gasteiger partial charge is 0.243 e. The van der Waals surface area contributed by atoms with Crippen LogP contribution in [-0.4, -0.2) is 42.9 Å². The third kappa shape index (κ3) is 4.80. The average molecular weight is 459 g/mol. The zero-order chi connectivity index (χ0) is 22.9. The minimum atomic E-state index is -3.53. The van der Waals surface area contributed by atoms with E-state index in [0.29, 0.717) is 31.1 Å². The first-order valence-corrected chi connectivity index (χ1v) is 12.4. The number of carbonyl (C=O) groups is 1. The van der Waals surface area contributed by atoms with Gasteiger partial charge < -0.3 is 10.4 Å². The predicted molar refractivity (Wildman–Crippen MR) is 122 cm³/mol. The molecule has 2 aliphatic rings. The van der Waals surface area contributed by atoms with E-state index in [-0.39, 0.29) is 22.6 Å². The molecule has 0 radical (unpaired) electrons. The Hall–Kier alpha value is -2.46. The molecule has 4 N–H and O–H groups in total. The van der Waals surface area contributed by atoms with Gasteiger partial charge in [-0.3, -0.25) is 4.79 Å². The quantitative estimate of drug-likeness (QED) is 0.548. The minimum Gasteiger partial charge on any atom is -0.508 e. The number of hydrogen-bond donors (Lipinski definition) is 4. The maximum atomic E-state index is 12.9. The van der Waals surface area contributed by atoms with Crippen molar-refractivity contribution in [3.8, 4) is 5.75 Å². The SMILES string of the molecule is Cc1ccc(C2CC(C(=O)Nc3ccc(S(=O)(=O)N4CCCC(C)C4)cc3)NN2)c(O)c1. The molecule has 32 heavy (non-hydrogen) atoms. The number of hydrogen-bond acceptors (Lipinski definition) is 6. The Morgan fingerprint density at radius 3 is 2.59 bits per heavy atom. The fourth-order valence-corrected chi connectivity index (χ4v) is 5.93. The highest BCUT2D eigenvalue weighted by Crippen LogP contribution is 2.30. The number of phenols is 1. The summed E-state index contributed by atoms with van der Waals surface area (Å²) in [6.07, 6.45) is 2.39. The molecular formula is C23H30N4O4S. The van der Waals surface area contributed by atoms with Crippen LogP contribution in [0, 0.1) is 12.8 Å². The number of amides is 1. The number of aryl methyl sites for hydroxylation is 1. The molecule has 3 unspecified atom stereocenters. The molecule has 9 heteroatoms. The molecule has 0 aromatic heterocycles. The topological polar surface area (TPSA) is 111 Å². The van der Waals surface area contributed by atoms with Gasteiger partial charge in [-0.25, -0.2) is 19.3 Å². The van der Waals surface area contributed by atoms with Gasteiger partial charge in [-0.2, -0.15) is 4.31 Å². The summed E-state index contributed by atoms with van der Waals surface area (Å²) in [5.74, 6) is 0.326. The van der Waals surface area contributed by atoms with E-state index >= 15 is 0 Å². The molecule has 2 heterocycles. The van der Waals surface area contributed by atoms with Gasteiger partial charge in [0, 0.05) is 24.3 Å². The number of sulfonamides is 1. The molecule has 2 aliphatic heterocycles. The zero-order valence-electron chi connectivity index (χ0n) is 18.3. The lowest BCUT2D eigenvalue weighted by Crippen LogP contribution is -2.39. The molecule has 2 aromatic carbocycles. The van der Waals surface area contributed by atoms with Crippen LogP contribution < -0.4 is 16.2 Å². The summed E-state index contributed by atoms with van der Waals surface area (Å²) in [7, 11) is -3.53. The molecule has 0 bridgehead atoms. The van der Waals surface area contributed by atoms with Crippen molar-refractivity contribution >= 4 is 21.6 Å². The second kappa shape index (κ2) is 9.19. The lowest BCUT2D eigenvalue weighted by Gasteiger charge is -2.30. The number of anilines is 1. The Bertz CT molecular complexity index is 1090. The normalized spacial score (nSPS) is 24.4. The van der Waals surface area contributed by atoms with E-state index in [4.69, 9.17) is 0 Å². The van der Waals surface area contributed by atoms with Gasteiger partial charge in [0.2, 0.25) is 15.9 Å². The summed E-state index contributed by atoms with van der Waals surface area (Å²) in [5, 5.41) is 13.0. The first-order valence-electron chi connectivity index (χ1n) is 11.0. The molecule has 3 atom stereocenters. The monoisotopic (exact) mass is 458 g/mol. The Labute approximate surface area is 189 Å². The molecule has 2 aromatic rings. The lowest BCUT2D eigenvalue weighted by molar-refractivity contribution is -0.117. The van der Waals surface area contributed by atoms with E-state index in [1.807, 2.05) is 19.1 Å². The number of nitrogens with one attached hydrogen (secondary N) is 3. The van der Waals surface area contributed by atoms with Gasteiger partial charge in [0.25, 0.3) is 0 Å². The lowest BCUT2D eigenvalue weighted by atomic mass is 9.99. The zero-order valence-corrected chi connectivity index (χ0v) is 19.2. The summed E-state index contributed by atoms with van der Waals surface area (Å²) in [6.45, 7) is 5.06. The number of nitrogens with zero attached hydrogens (tertiary/aromatic N) is 1. The van der Waals surface area contributed by atoms with Gasteiger partial charge in [0.1, 0.15) is 11.8 Å². The number of phenolic OH excluding ortho intramolecular Hbond substituents is 1. The number of benzene rings is 2. The second-order valence-corrected chi connectivity index (χ2v) is 10.8. The molecule has 0 aliphatic carbocycles. The number of hydrazine groups is 1. The van der Waals surface area contributed by atoms with E-state index in [1.54, 1.807) is 22.5 Å². The fourth-order valence-electron chi connectivity index (χ4n) is 4.33. The number of rotatable bonds is 5. The largest absolute Gasteiger partial charge is 0.508 e. The molecule has 0 spiro atoms. The standard InChI is InChI=1S/C23H30N4O4S/c1-15-5-10-19(22(28)12-15)20-13-21(26-25-20)23(29)24-17-6-8-18(9-7-17)32(30,31)27-11-3-4-16(2)14-27/h5-10,12,16,20-21,25-26,28H,3-4,11,13-14H2,1-2H3,(H,24,29). The maximum Gasteiger partial charge on any atom is 0.243 e. The molecule has 4 rings (SSSR count). The highest BCUT2D eigenvalue weighted by atomic mass is 32.2. The van der Waals surface area contributed by atoms with Gasteiger partial charge in [-0.15, -0.1) is 0 Å². The predicted octanol–water partition coefficient (Wildman–Crippen LogP) is 2.67. The van der Waals surface area contributed by atoms with Gasteiger partial charge in [-0.1, -0.05) is 19.1 Å². The van der Waals surface area contributed by atoms with Gasteiger partial charge in [0.15, 0.2) is 0 Å². The van der Waals surface area contributed by atoms with E-state index in [2.05, 4.69) is 23.1 Å². The molecule has 2 fully saturated rings. The Morgan fingerprint density at radius 1 is 1.16 bits per heavy atom. The van der Waals surface area contributed by atoms with E-state index in [1.165, 1.54) is 12.1 Å². The fraction of sp³-hybridized carbons (Fsp3) is 0.435. The highest BCUT2D eigenvalue weighted by molar-refractivity contribution is 7.89. The van der Waals surface area contributed by atoms with Crippen LogP contribution >= 0.6 is 0 Å². The summed E-state index contributed by atoms with van der Waals surface area (Å²) in [4.78, 5) is 12.9. The number of piperidine rings is 1. The van der Waals surface area contributed by atoms with Crippen molar-refractivity contribution in [1.29, 1.82) is 0 Å². The average Bonchev–Trinajstić information content (AvgIpc) is 3.24. The van der Waals surface area contributed by atoms with Crippen LogP contribution in [0.2, 0.25) is 0 Å². The van der Waals surface area contributed by atoms with Crippen LogP contribution in [0.25, 0.3) is 0 Å². The Kier molecular flexibility index (Phi) is 6.52. The Balaban J connectivity index is 1.38. The van der Waals surface area contributed by atoms with E-state index < -0.39 is 16.1 Å². The van der Waals surface area contributed by atoms with Crippen molar-refractivity contribution < 1.29 is 18.3 Å². The molecule has 1 amide bonds. The van der Waals surface area contributed by atoms with E-state index in [9.17, 15) is 18.3 Å². The van der Waals surface area contributed by atoms with Gasteiger partial charge in [-0.05, 0) is 68.0 Å². The van der Waals surface area contributed by atoms with Crippen molar-refractivity contribution in [3.63, 3.8) is 0 Å². The van der Waals surface area contributed by atoms with Gasteiger partial charge in [0.05, 0.1) is 10.9 Å². The van der Waals surface area contributed by atoms with Crippen molar-refractivity contribution in [2.75, 3.05) is 18.4 Å². The third-order valence-electron chi connectivity index (χ3n) is 6.16. The summed E-state index contributed by atoms with van der Waals surface area (Å²) < 4.78 is 27.3. The minimum absolute atomic E-state index is 0.189. The first-order chi connectivity index (χ1) is 15.2. The molecule has 8 nitrogen and oxygen atoms in total. The summed E-state index contributed by atoms with van der Waals surface area (Å²) >= 11 is 0. The Morgan fingerprint density at radius 2 is 1.91 bits per heavy atom. The van der Waals surface area contributed by atoms with Crippen LogP contribution in [0.1, 0.15) is 43.4 Å². The maximum absolute atomic E-state index is 12.9. The molecular weight excluding hydrogens is 428 g/mol. The molecule has 172 valence electrons. The van der Waals surface area contributed by atoms with Crippen molar-refractivity contribution in [2.24, 2.45) is 5.92 Å². The van der Waals surface area contributed by atoms with Crippen LogP contribution in [0.4, 0.5) is 5.69 Å². The second-order valence-electron chi connectivity index (χ2n) is 8.82. The summed E-state index contributed by atoms with van der Waals surface area (Å²) in [6, 6.07) is 11.1. The van der Waals surface area contributed by atoms with Crippen LogP contribution in [0.15, 0.2) is 47.4 Å². The highest BCUT2D eigenvalue weighted by Gasteiger charge is 2.32. The number of carbonyl (C=O) groups excluding carboxylic acids is 1. The first kappa shape index (κ1) is 22.7. The third-order valence-corrected chi connectivity index (χ3v) is 8.04. The van der Waals surface area contributed by atoms with Crippen molar-refractivity contribution in [1.82, 2.24) is 15.2 Å². The van der Waals surface area contributed by atoms with Gasteiger partial charge >= 0.3 is 0 Å². The molecule has 2 saturated heterocycles. The number of aromatic hydroxyl groups is 1. The molecule has 0 saturated carbocycles. The van der Waals surface area contributed by atoms with Crippen molar-refractivity contribution in [3.05, 3.63) is 53.6 Å². The van der Waals surface area contributed by atoms with Crippen LogP contribution in [-0.2, 0) is 14.8 Å². The van der Waals surface area contributed by atoms with Crippen LogP contribution in [0.3, 0.4) is 0 Å².